The molecule has 0 rings (SSSR count). The van der Waals surface area contributed by atoms with Gasteiger partial charge in [-0.2, -0.15) is 0 Å². The number of rotatable bonds is 4. The fraction of sp³-hybridized carbons (Fsp3) is 0.929. The van der Waals surface area contributed by atoms with Gasteiger partial charge in [-0.15, -0.1) is 0 Å². The highest BCUT2D eigenvalue weighted by atomic mass is 35.7. The first-order chi connectivity index (χ1) is 9.22. The van der Waals surface area contributed by atoms with E-state index in [0.717, 1.165) is 12.8 Å². The molecule has 0 aromatic carbocycles. The summed E-state index contributed by atoms with van der Waals surface area (Å²) < 4.78 is 23.4. The molecule has 0 radical (unpaired) electrons. The van der Waals surface area contributed by atoms with Gasteiger partial charge in [-0.25, -0.2) is 8.42 Å². The Bertz CT molecular complexity index is 338. The Hall–Kier alpha value is -0.330. The molecule has 0 aliphatic heterocycles. The lowest BCUT2D eigenvalue weighted by atomic mass is 10.2. The van der Waals surface area contributed by atoms with Gasteiger partial charge in [0.05, 0.1) is 12.4 Å². The number of hydrogen-bond donors (Lipinski definition) is 0. The van der Waals surface area contributed by atoms with E-state index in [0.29, 0.717) is 12.1 Å². The summed E-state index contributed by atoms with van der Waals surface area (Å²) in [7, 11) is 1.31. The Balaban J connectivity index is -0.000000242. The lowest BCUT2D eigenvalue weighted by molar-refractivity contribution is -0.144. The van der Waals surface area contributed by atoms with Crippen LogP contribution in [0.25, 0.3) is 0 Å². The molecule has 0 aromatic heterocycles. The van der Waals surface area contributed by atoms with Gasteiger partial charge in [0.25, 0.3) is 0 Å². The molecule has 0 fully saturated rings. The van der Waals surface area contributed by atoms with E-state index in [9.17, 15) is 13.2 Å². The first kappa shape index (κ1) is 25.6. The highest BCUT2D eigenvalue weighted by Crippen LogP contribution is 2.02. The lowest BCUT2D eigenvalue weighted by Crippen LogP contribution is -2.36. The monoisotopic (exact) mass is 345 g/mol. The van der Waals surface area contributed by atoms with Crippen LogP contribution in [-0.2, 0) is 18.6 Å². The maximum atomic E-state index is 10.0. The Kier molecular flexibility index (Phi) is 16.3. The van der Waals surface area contributed by atoms with Gasteiger partial charge in [0.2, 0.25) is 9.05 Å². The van der Waals surface area contributed by atoms with Crippen LogP contribution >= 0.6 is 10.7 Å². The van der Waals surface area contributed by atoms with Gasteiger partial charge in [-0.1, -0.05) is 6.92 Å². The molecule has 5 nitrogen and oxygen atoms in total. The lowest BCUT2D eigenvalue weighted by Gasteiger charge is -2.28. The van der Waals surface area contributed by atoms with Crippen molar-refractivity contribution in [1.82, 2.24) is 4.90 Å². The summed E-state index contributed by atoms with van der Waals surface area (Å²) >= 11 is 0. The van der Waals surface area contributed by atoms with E-state index in [2.05, 4.69) is 54.9 Å². The summed E-state index contributed by atoms with van der Waals surface area (Å²) in [4.78, 5) is 12.5. The van der Waals surface area contributed by atoms with Crippen molar-refractivity contribution in [2.24, 2.45) is 0 Å². The highest BCUT2D eigenvalue weighted by Gasteiger charge is 2.08. The standard InChI is InChI=1S/C8H19N.C5H10O2.CH3ClO2S/c1-6-9(7(2)3)8(4)5;1-4(2)7-5(3)6;1-5(2,3)4/h7-8H,6H2,1-5H3;4H,1-3H3;1H3. The van der Waals surface area contributed by atoms with Gasteiger partial charge in [-0.3, -0.25) is 9.69 Å². The van der Waals surface area contributed by atoms with E-state index in [4.69, 9.17) is 0 Å². The third-order valence-electron chi connectivity index (χ3n) is 2.09. The van der Waals surface area contributed by atoms with Gasteiger partial charge >= 0.3 is 5.97 Å². The van der Waals surface area contributed by atoms with Crippen LogP contribution in [0.1, 0.15) is 55.4 Å². The van der Waals surface area contributed by atoms with Gasteiger partial charge in [0.15, 0.2) is 0 Å². The van der Waals surface area contributed by atoms with Crippen molar-refractivity contribution in [2.75, 3.05) is 12.8 Å². The van der Waals surface area contributed by atoms with Gasteiger partial charge in [-0.05, 0) is 48.1 Å². The van der Waals surface area contributed by atoms with Crippen LogP contribution in [-0.4, -0.2) is 50.3 Å². The first-order valence-corrected chi connectivity index (χ1v) is 9.76. The average molecular weight is 346 g/mol. The zero-order valence-electron chi connectivity index (χ0n) is 14.8. The Morgan fingerprint density at radius 2 is 1.38 bits per heavy atom. The van der Waals surface area contributed by atoms with E-state index >= 15 is 0 Å². The van der Waals surface area contributed by atoms with Crippen LogP contribution in [0.2, 0.25) is 0 Å². The topological polar surface area (TPSA) is 63.7 Å². The summed E-state index contributed by atoms with van der Waals surface area (Å²) in [5.74, 6) is -0.213. The van der Waals surface area contributed by atoms with E-state index in [1.807, 2.05) is 13.8 Å². The quantitative estimate of drug-likeness (QED) is 0.578. The minimum Gasteiger partial charge on any atom is -0.463 e. The number of hydrogen-bond acceptors (Lipinski definition) is 5. The zero-order valence-corrected chi connectivity index (χ0v) is 16.4. The van der Waals surface area contributed by atoms with Crippen molar-refractivity contribution < 1.29 is 17.9 Å². The summed E-state index contributed by atoms with van der Waals surface area (Å²) in [6.07, 6.45) is 0.951. The minimum absolute atomic E-state index is 0.0255. The molecule has 0 aliphatic rings. The van der Waals surface area contributed by atoms with Crippen molar-refractivity contribution in [3.05, 3.63) is 0 Å². The maximum Gasteiger partial charge on any atom is 0.302 e. The molecule has 21 heavy (non-hydrogen) atoms. The summed E-state index contributed by atoms with van der Waals surface area (Å²) in [6, 6.07) is 1.38. The fourth-order valence-electron chi connectivity index (χ4n) is 1.66. The number of nitrogens with zero attached hydrogens (tertiary/aromatic N) is 1. The normalized spacial score (nSPS) is 11.0. The molecule has 0 heterocycles. The fourth-order valence-corrected chi connectivity index (χ4v) is 1.66. The van der Waals surface area contributed by atoms with E-state index < -0.39 is 9.05 Å². The second-order valence-corrected chi connectivity index (χ2v) is 8.40. The zero-order chi connectivity index (χ0) is 17.8. The molecular weight excluding hydrogens is 314 g/mol. The molecular formula is C14H32ClNO4S. The molecule has 0 bridgehead atoms. The van der Waals surface area contributed by atoms with E-state index in [1.165, 1.54) is 6.92 Å². The van der Waals surface area contributed by atoms with Crippen molar-refractivity contribution >= 4 is 25.7 Å². The average Bonchev–Trinajstić information content (AvgIpc) is 2.12. The predicted octanol–water partition coefficient (Wildman–Crippen LogP) is 3.27. The third-order valence-corrected chi connectivity index (χ3v) is 2.09. The number of ether oxygens (including phenoxy) is 1. The molecule has 130 valence electrons. The van der Waals surface area contributed by atoms with Crippen LogP contribution < -0.4 is 0 Å². The molecule has 0 aliphatic carbocycles. The molecule has 0 atom stereocenters. The molecule has 7 heteroatoms. The van der Waals surface area contributed by atoms with Crippen LogP contribution in [0, 0.1) is 0 Å². The minimum atomic E-state index is -3.19. The molecule has 0 aromatic rings. The summed E-state index contributed by atoms with van der Waals surface area (Å²) in [6.45, 7) is 17.4. The summed E-state index contributed by atoms with van der Waals surface area (Å²) in [5.41, 5.74) is 0. The van der Waals surface area contributed by atoms with E-state index in [1.54, 1.807) is 0 Å². The van der Waals surface area contributed by atoms with Gasteiger partial charge in [0.1, 0.15) is 0 Å². The summed E-state index contributed by atoms with van der Waals surface area (Å²) in [5, 5.41) is 0. The Labute approximate surface area is 135 Å². The van der Waals surface area contributed by atoms with Crippen LogP contribution in [0.5, 0.6) is 0 Å². The first-order valence-electron chi connectivity index (χ1n) is 7.04. The highest BCUT2D eigenvalue weighted by molar-refractivity contribution is 8.13. The molecule has 0 amide bonds. The van der Waals surface area contributed by atoms with Crippen molar-refractivity contribution in [1.29, 1.82) is 0 Å². The number of halogens is 1. The van der Waals surface area contributed by atoms with Gasteiger partial charge < -0.3 is 4.74 Å². The maximum absolute atomic E-state index is 10.0. The smallest absolute Gasteiger partial charge is 0.302 e. The number of carbonyl (C=O) groups is 1. The van der Waals surface area contributed by atoms with E-state index in [-0.39, 0.29) is 12.1 Å². The van der Waals surface area contributed by atoms with Gasteiger partial charge in [0, 0.05) is 29.7 Å². The van der Waals surface area contributed by atoms with Crippen molar-refractivity contribution in [3.63, 3.8) is 0 Å². The van der Waals surface area contributed by atoms with Crippen molar-refractivity contribution in [3.8, 4) is 0 Å². The molecule has 0 unspecified atom stereocenters. The molecule has 0 N–H and O–H groups in total. The predicted molar refractivity (Wildman–Crippen MR) is 90.3 cm³/mol. The Morgan fingerprint density at radius 3 is 1.38 bits per heavy atom. The van der Waals surface area contributed by atoms with Crippen molar-refractivity contribution in [2.45, 2.75) is 73.6 Å². The van der Waals surface area contributed by atoms with Crippen LogP contribution in [0.4, 0.5) is 0 Å². The van der Waals surface area contributed by atoms with Crippen LogP contribution in [0.15, 0.2) is 0 Å². The second kappa shape index (κ2) is 13.3. The largest absolute Gasteiger partial charge is 0.463 e. The number of carbonyl (C=O) groups excluding carboxylic acids is 1. The molecule has 0 saturated heterocycles. The Morgan fingerprint density at radius 1 is 1.10 bits per heavy atom. The third kappa shape index (κ3) is 32.9. The second-order valence-electron chi connectivity index (χ2n) is 5.36. The molecule has 0 spiro atoms. The molecule has 0 saturated carbocycles. The SMILES string of the molecule is CC(=O)OC(C)C.CCN(C(C)C)C(C)C.CS(=O)(=O)Cl. The van der Waals surface area contributed by atoms with Crippen LogP contribution in [0.3, 0.4) is 0 Å². The number of esters is 1.